The van der Waals surface area contributed by atoms with Gasteiger partial charge in [0.1, 0.15) is 5.60 Å². The van der Waals surface area contributed by atoms with Crippen molar-refractivity contribution in [3.05, 3.63) is 0 Å². The van der Waals surface area contributed by atoms with Gasteiger partial charge in [0.15, 0.2) is 0 Å². The summed E-state index contributed by atoms with van der Waals surface area (Å²) in [6.45, 7) is 10.4. The Morgan fingerprint density at radius 1 is 1.00 bits per heavy atom. The van der Waals surface area contributed by atoms with E-state index in [2.05, 4.69) is 4.90 Å². The zero-order chi connectivity index (χ0) is 20.4. The highest BCUT2D eigenvalue weighted by molar-refractivity contribution is 7.89. The van der Waals surface area contributed by atoms with Crippen molar-refractivity contribution < 1.29 is 22.7 Å². The van der Waals surface area contributed by atoms with Crippen LogP contribution in [0.25, 0.3) is 0 Å². The molecule has 3 heterocycles. The Hall–Kier alpha value is -0.900. The number of nitrogens with zero attached hydrogens (tertiary/aromatic N) is 3. The van der Waals surface area contributed by atoms with Crippen LogP contribution in [0.3, 0.4) is 0 Å². The van der Waals surface area contributed by atoms with E-state index in [0.717, 1.165) is 32.2 Å². The molecule has 0 aromatic heterocycles. The molecule has 162 valence electrons. The summed E-state index contributed by atoms with van der Waals surface area (Å²) in [5.74, 6) is 0. The van der Waals surface area contributed by atoms with E-state index in [1.807, 2.05) is 20.8 Å². The second-order valence-electron chi connectivity index (χ2n) is 9.01. The monoisotopic (exact) mass is 417 g/mol. The minimum absolute atomic E-state index is 0.252. The van der Waals surface area contributed by atoms with Crippen LogP contribution in [0.2, 0.25) is 0 Å². The van der Waals surface area contributed by atoms with Crippen molar-refractivity contribution in [2.45, 2.75) is 63.3 Å². The van der Waals surface area contributed by atoms with Gasteiger partial charge in [-0.3, -0.25) is 4.90 Å². The summed E-state index contributed by atoms with van der Waals surface area (Å²) >= 11 is 0. The first kappa shape index (κ1) is 21.8. The molecule has 0 bridgehead atoms. The molecule has 3 rings (SSSR count). The molecule has 28 heavy (non-hydrogen) atoms. The summed E-state index contributed by atoms with van der Waals surface area (Å²) in [6.07, 6.45) is 3.11. The van der Waals surface area contributed by atoms with Gasteiger partial charge in [-0.2, -0.15) is 4.31 Å². The molecule has 0 spiro atoms. The quantitative estimate of drug-likeness (QED) is 0.693. The fourth-order valence-corrected chi connectivity index (χ4v) is 6.22. The van der Waals surface area contributed by atoms with Crippen molar-refractivity contribution in [1.82, 2.24) is 14.1 Å². The van der Waals surface area contributed by atoms with Gasteiger partial charge in [0.25, 0.3) is 0 Å². The predicted molar refractivity (Wildman–Crippen MR) is 107 cm³/mol. The van der Waals surface area contributed by atoms with Crippen molar-refractivity contribution in [3.63, 3.8) is 0 Å². The first-order chi connectivity index (χ1) is 13.2. The minimum Gasteiger partial charge on any atom is -0.444 e. The summed E-state index contributed by atoms with van der Waals surface area (Å²) in [5.41, 5.74) is -0.484. The van der Waals surface area contributed by atoms with Crippen molar-refractivity contribution in [2.75, 3.05) is 52.5 Å². The fourth-order valence-electron chi connectivity index (χ4n) is 4.29. The Kier molecular flexibility index (Phi) is 6.89. The summed E-state index contributed by atoms with van der Waals surface area (Å²) in [5, 5.41) is -0.330. The summed E-state index contributed by atoms with van der Waals surface area (Å²) in [7, 11) is -3.27. The summed E-state index contributed by atoms with van der Waals surface area (Å²) in [4.78, 5) is 16.4. The number of likely N-dealkylation sites (tertiary alicyclic amines) is 2. The molecule has 0 saturated carbocycles. The van der Waals surface area contributed by atoms with Crippen LogP contribution < -0.4 is 0 Å². The van der Waals surface area contributed by atoms with Crippen LogP contribution in [-0.2, 0) is 19.5 Å². The smallest absolute Gasteiger partial charge is 0.410 e. The average Bonchev–Trinajstić information content (AvgIpc) is 2.67. The van der Waals surface area contributed by atoms with E-state index < -0.39 is 15.6 Å². The third-order valence-corrected chi connectivity index (χ3v) is 8.11. The normalized spacial score (nSPS) is 27.0. The van der Waals surface area contributed by atoms with E-state index in [0.29, 0.717) is 52.0 Å². The maximum Gasteiger partial charge on any atom is 0.410 e. The van der Waals surface area contributed by atoms with Gasteiger partial charge >= 0.3 is 6.09 Å². The van der Waals surface area contributed by atoms with Crippen LogP contribution in [0.15, 0.2) is 0 Å². The van der Waals surface area contributed by atoms with Gasteiger partial charge in [-0.25, -0.2) is 13.2 Å². The second kappa shape index (κ2) is 8.85. The Labute approximate surface area is 169 Å². The van der Waals surface area contributed by atoms with Crippen molar-refractivity contribution >= 4 is 16.1 Å². The van der Waals surface area contributed by atoms with Crippen molar-refractivity contribution in [3.8, 4) is 0 Å². The number of sulfonamides is 1. The van der Waals surface area contributed by atoms with Gasteiger partial charge in [0.05, 0.1) is 18.5 Å². The molecule has 3 fully saturated rings. The molecule has 9 heteroatoms. The van der Waals surface area contributed by atoms with Gasteiger partial charge in [-0.05, 0) is 53.0 Å². The van der Waals surface area contributed by atoms with Crippen LogP contribution in [0, 0.1) is 0 Å². The van der Waals surface area contributed by atoms with Crippen LogP contribution in [0.4, 0.5) is 4.79 Å². The number of amides is 1. The SMILES string of the molecule is CC(C)(C)OC(=O)N1CCC(N2CCCC(S(=O)(=O)N3CCOCC3)C2)CC1. The first-order valence-corrected chi connectivity index (χ1v) is 12.0. The molecule has 0 aromatic rings. The number of carbonyl (C=O) groups excluding carboxylic acids is 1. The van der Waals surface area contributed by atoms with Crippen molar-refractivity contribution in [1.29, 1.82) is 0 Å². The molecule has 0 N–H and O–H groups in total. The molecule has 0 radical (unpaired) electrons. The molecular formula is C19H35N3O5S. The van der Waals surface area contributed by atoms with E-state index in [1.54, 1.807) is 9.21 Å². The molecule has 0 aromatic carbocycles. The molecular weight excluding hydrogens is 382 g/mol. The highest BCUT2D eigenvalue weighted by atomic mass is 32.2. The van der Waals surface area contributed by atoms with Crippen LogP contribution in [-0.4, -0.2) is 98.0 Å². The maximum absolute atomic E-state index is 13.0. The van der Waals surface area contributed by atoms with Gasteiger partial charge in [-0.15, -0.1) is 0 Å². The number of carbonyl (C=O) groups is 1. The lowest BCUT2D eigenvalue weighted by Gasteiger charge is -2.43. The molecule has 0 aliphatic carbocycles. The number of hydrogen-bond acceptors (Lipinski definition) is 6. The van der Waals surface area contributed by atoms with Gasteiger partial charge in [0.2, 0.25) is 10.0 Å². The van der Waals surface area contributed by atoms with E-state index in [-0.39, 0.29) is 11.3 Å². The van der Waals surface area contributed by atoms with Crippen LogP contribution in [0.1, 0.15) is 46.5 Å². The van der Waals surface area contributed by atoms with E-state index in [9.17, 15) is 13.2 Å². The summed E-state index contributed by atoms with van der Waals surface area (Å²) in [6, 6.07) is 0.335. The van der Waals surface area contributed by atoms with Crippen LogP contribution in [0.5, 0.6) is 0 Å². The second-order valence-corrected chi connectivity index (χ2v) is 11.2. The number of hydrogen-bond donors (Lipinski definition) is 0. The van der Waals surface area contributed by atoms with Gasteiger partial charge in [-0.1, -0.05) is 0 Å². The third-order valence-electron chi connectivity index (χ3n) is 5.79. The number of morpholine rings is 1. The Morgan fingerprint density at radius 3 is 2.25 bits per heavy atom. The highest BCUT2D eigenvalue weighted by Crippen LogP contribution is 2.26. The number of piperidine rings is 2. The zero-order valence-corrected chi connectivity index (χ0v) is 18.2. The molecule has 3 saturated heterocycles. The summed E-state index contributed by atoms with van der Waals surface area (Å²) < 4.78 is 38.4. The first-order valence-electron chi connectivity index (χ1n) is 10.5. The van der Waals surface area contributed by atoms with Crippen LogP contribution >= 0.6 is 0 Å². The van der Waals surface area contributed by atoms with Crippen molar-refractivity contribution in [2.24, 2.45) is 0 Å². The molecule has 8 nitrogen and oxygen atoms in total. The third kappa shape index (κ3) is 5.37. The Balaban J connectivity index is 1.53. The molecule has 1 amide bonds. The standard InChI is InChI=1S/C19H35N3O5S/c1-19(2,3)27-18(23)20-9-6-16(7-10-20)21-8-4-5-17(15-21)28(24,25)22-11-13-26-14-12-22/h16-17H,4-15H2,1-3H3. The fraction of sp³-hybridized carbons (Fsp3) is 0.947. The Bertz CT molecular complexity index is 634. The molecule has 3 aliphatic rings. The zero-order valence-electron chi connectivity index (χ0n) is 17.4. The van der Waals surface area contributed by atoms with Gasteiger partial charge < -0.3 is 14.4 Å². The highest BCUT2D eigenvalue weighted by Gasteiger charge is 2.38. The lowest BCUT2D eigenvalue weighted by molar-refractivity contribution is 0.0131. The van der Waals surface area contributed by atoms with E-state index in [4.69, 9.17) is 9.47 Å². The van der Waals surface area contributed by atoms with E-state index in [1.165, 1.54) is 0 Å². The minimum atomic E-state index is -3.27. The molecule has 3 aliphatic heterocycles. The Morgan fingerprint density at radius 2 is 1.64 bits per heavy atom. The largest absolute Gasteiger partial charge is 0.444 e. The lowest BCUT2D eigenvalue weighted by atomic mass is 10.00. The van der Waals surface area contributed by atoms with Gasteiger partial charge in [0, 0.05) is 38.8 Å². The van der Waals surface area contributed by atoms with E-state index >= 15 is 0 Å². The number of ether oxygens (including phenoxy) is 2. The topological polar surface area (TPSA) is 79.4 Å². The maximum atomic E-state index is 13.0. The lowest BCUT2D eigenvalue weighted by Crippen LogP contribution is -2.54. The average molecular weight is 418 g/mol. The molecule has 1 atom stereocenters. The molecule has 1 unspecified atom stereocenters. The number of rotatable bonds is 3. The predicted octanol–water partition coefficient (Wildman–Crippen LogP) is 1.51.